The van der Waals surface area contributed by atoms with Gasteiger partial charge in [0.2, 0.25) is 5.91 Å². The molecule has 0 saturated carbocycles. The molecule has 0 spiro atoms. The molecular weight excluding hydrogens is 376 g/mol. The van der Waals surface area contributed by atoms with Crippen LogP contribution in [0, 0.1) is 0 Å². The van der Waals surface area contributed by atoms with E-state index in [1.165, 1.54) is 13.2 Å². The Labute approximate surface area is 167 Å². The van der Waals surface area contributed by atoms with E-state index in [1.54, 1.807) is 36.0 Å². The number of primary amides is 1. The molecule has 7 nitrogen and oxygen atoms in total. The molecule has 2 aromatic carbocycles. The minimum atomic E-state index is -0.582. The van der Waals surface area contributed by atoms with Crippen molar-refractivity contribution in [2.24, 2.45) is 16.5 Å². The second-order valence-electron chi connectivity index (χ2n) is 6.63. The lowest BCUT2D eigenvalue weighted by molar-refractivity contribution is 0.0996. The molecule has 1 aliphatic rings. The summed E-state index contributed by atoms with van der Waals surface area (Å²) in [6.45, 7) is 2.04. The van der Waals surface area contributed by atoms with Crippen LogP contribution in [0.25, 0.3) is 0 Å². The summed E-state index contributed by atoms with van der Waals surface area (Å²) in [5.41, 5.74) is 12.9. The zero-order chi connectivity index (χ0) is 20.3. The van der Waals surface area contributed by atoms with Crippen molar-refractivity contribution in [1.29, 1.82) is 0 Å². The lowest BCUT2D eigenvalue weighted by Gasteiger charge is -2.29. The van der Waals surface area contributed by atoms with Crippen molar-refractivity contribution in [1.82, 2.24) is 0 Å². The summed E-state index contributed by atoms with van der Waals surface area (Å²) < 4.78 is 5.24. The maximum atomic E-state index is 12.6. The lowest BCUT2D eigenvalue weighted by atomic mass is 9.89. The van der Waals surface area contributed by atoms with Crippen molar-refractivity contribution in [3.05, 3.63) is 59.2 Å². The van der Waals surface area contributed by atoms with Gasteiger partial charge < -0.3 is 21.5 Å². The van der Waals surface area contributed by atoms with E-state index < -0.39 is 5.91 Å². The van der Waals surface area contributed by atoms with Crippen LogP contribution in [-0.2, 0) is 5.54 Å². The van der Waals surface area contributed by atoms with Gasteiger partial charge in [0.25, 0.3) is 5.91 Å². The van der Waals surface area contributed by atoms with Crippen LogP contribution in [0.3, 0.4) is 0 Å². The van der Waals surface area contributed by atoms with E-state index in [0.717, 1.165) is 17.7 Å². The van der Waals surface area contributed by atoms with Gasteiger partial charge in [-0.05, 0) is 49.2 Å². The molecule has 0 saturated heterocycles. The highest BCUT2D eigenvalue weighted by Crippen LogP contribution is 2.35. The fourth-order valence-electron chi connectivity index (χ4n) is 3.03. The average molecular weight is 398 g/mol. The molecule has 8 heteroatoms. The minimum absolute atomic E-state index is 0.282. The van der Waals surface area contributed by atoms with Crippen molar-refractivity contribution in [3.63, 3.8) is 0 Å². The zero-order valence-corrected chi connectivity index (χ0v) is 16.5. The standard InChI is InChI=1S/C20H22N4O3S/c1-20(9-10-28-19(22)24-20)14-6-3-12(4-7-14)18(26)23-15-11-13(17(21)25)5-8-16(15)27-2/h3-8,11H,9-10H2,1-2H3,(H2,21,25)(H2,22,24)(H,23,26). The number of nitrogens with one attached hydrogen (secondary N) is 1. The van der Waals surface area contributed by atoms with Gasteiger partial charge in [-0.3, -0.25) is 14.6 Å². The molecule has 28 heavy (non-hydrogen) atoms. The number of ether oxygens (including phenoxy) is 1. The Kier molecular flexibility index (Phi) is 5.60. The van der Waals surface area contributed by atoms with Crippen LogP contribution >= 0.6 is 11.8 Å². The molecule has 1 aliphatic heterocycles. The topological polar surface area (TPSA) is 120 Å². The largest absolute Gasteiger partial charge is 0.495 e. The highest BCUT2D eigenvalue weighted by atomic mass is 32.2. The first-order valence-corrected chi connectivity index (χ1v) is 9.69. The Bertz CT molecular complexity index is 943. The van der Waals surface area contributed by atoms with Crippen LogP contribution < -0.4 is 21.5 Å². The summed E-state index contributed by atoms with van der Waals surface area (Å²) in [5, 5.41) is 3.35. The molecule has 3 rings (SSSR count). The number of nitrogens with zero attached hydrogens (tertiary/aromatic N) is 1. The molecular formula is C20H22N4O3S. The van der Waals surface area contributed by atoms with Gasteiger partial charge in [-0.25, -0.2) is 0 Å². The number of carbonyl (C=O) groups is 2. The highest BCUT2D eigenvalue weighted by Gasteiger charge is 2.29. The fourth-order valence-corrected chi connectivity index (χ4v) is 4.00. The minimum Gasteiger partial charge on any atom is -0.495 e. The van der Waals surface area contributed by atoms with Crippen LogP contribution in [-0.4, -0.2) is 29.8 Å². The first kappa shape index (κ1) is 19.8. The van der Waals surface area contributed by atoms with Crippen molar-refractivity contribution >= 4 is 34.4 Å². The van der Waals surface area contributed by atoms with Crippen molar-refractivity contribution in [2.45, 2.75) is 18.9 Å². The van der Waals surface area contributed by atoms with Crippen LogP contribution in [0.4, 0.5) is 5.69 Å². The number of amidine groups is 1. The third kappa shape index (κ3) is 4.12. The molecule has 0 bridgehead atoms. The molecule has 0 radical (unpaired) electrons. The van der Waals surface area contributed by atoms with E-state index in [9.17, 15) is 9.59 Å². The van der Waals surface area contributed by atoms with E-state index in [4.69, 9.17) is 16.2 Å². The number of nitrogens with two attached hydrogens (primary N) is 2. The Morgan fingerprint density at radius 2 is 1.86 bits per heavy atom. The molecule has 1 unspecified atom stereocenters. The molecule has 0 fully saturated rings. The number of benzene rings is 2. The van der Waals surface area contributed by atoms with Gasteiger partial charge in [0, 0.05) is 16.9 Å². The van der Waals surface area contributed by atoms with E-state index in [1.807, 2.05) is 19.1 Å². The molecule has 2 amide bonds. The number of rotatable bonds is 5. The molecule has 0 aromatic heterocycles. The van der Waals surface area contributed by atoms with E-state index >= 15 is 0 Å². The predicted molar refractivity (Wildman–Crippen MR) is 112 cm³/mol. The number of thioether (sulfide) groups is 1. The Morgan fingerprint density at radius 1 is 1.18 bits per heavy atom. The normalized spacial score (nSPS) is 18.9. The quantitative estimate of drug-likeness (QED) is 0.715. The highest BCUT2D eigenvalue weighted by molar-refractivity contribution is 8.13. The van der Waals surface area contributed by atoms with E-state index in [-0.39, 0.29) is 17.0 Å². The SMILES string of the molecule is COc1ccc(C(N)=O)cc1NC(=O)c1ccc(C2(C)CCSC(N)=N2)cc1. The molecule has 5 N–H and O–H groups in total. The first-order valence-electron chi connectivity index (χ1n) is 8.70. The van der Waals surface area contributed by atoms with Crippen molar-refractivity contribution in [3.8, 4) is 5.75 Å². The lowest BCUT2D eigenvalue weighted by Crippen LogP contribution is -2.28. The van der Waals surface area contributed by atoms with Gasteiger partial charge in [-0.1, -0.05) is 23.9 Å². The smallest absolute Gasteiger partial charge is 0.255 e. The fraction of sp³-hybridized carbons (Fsp3) is 0.250. The molecule has 1 heterocycles. The van der Waals surface area contributed by atoms with Crippen molar-refractivity contribution in [2.75, 3.05) is 18.2 Å². The summed E-state index contributed by atoms with van der Waals surface area (Å²) in [6.07, 6.45) is 0.876. The van der Waals surface area contributed by atoms with Gasteiger partial charge in [0.05, 0.1) is 18.3 Å². The third-order valence-corrected chi connectivity index (χ3v) is 5.49. The number of hydrogen-bond acceptors (Lipinski definition) is 6. The Morgan fingerprint density at radius 3 is 2.46 bits per heavy atom. The first-order chi connectivity index (χ1) is 13.3. The monoisotopic (exact) mass is 398 g/mol. The maximum Gasteiger partial charge on any atom is 0.255 e. The summed E-state index contributed by atoms with van der Waals surface area (Å²) >= 11 is 1.55. The Hall–Kier alpha value is -3.00. The number of anilines is 1. The van der Waals surface area contributed by atoms with Crippen LogP contribution in [0.5, 0.6) is 5.75 Å². The zero-order valence-electron chi connectivity index (χ0n) is 15.7. The van der Waals surface area contributed by atoms with Gasteiger partial charge in [0.15, 0.2) is 5.17 Å². The van der Waals surface area contributed by atoms with Crippen LogP contribution in [0.1, 0.15) is 39.6 Å². The maximum absolute atomic E-state index is 12.6. The molecule has 146 valence electrons. The second kappa shape index (κ2) is 7.93. The van der Waals surface area contributed by atoms with Gasteiger partial charge >= 0.3 is 0 Å². The summed E-state index contributed by atoms with van der Waals surface area (Å²) in [5.74, 6) is 0.441. The molecule has 2 aromatic rings. The average Bonchev–Trinajstić information content (AvgIpc) is 2.67. The van der Waals surface area contributed by atoms with E-state index in [2.05, 4.69) is 10.3 Å². The van der Waals surface area contributed by atoms with E-state index in [0.29, 0.717) is 22.2 Å². The molecule has 1 atom stereocenters. The predicted octanol–water partition coefficient (Wildman–Crippen LogP) is 2.71. The van der Waals surface area contributed by atoms with Crippen LogP contribution in [0.15, 0.2) is 47.5 Å². The number of carbonyl (C=O) groups excluding carboxylic acids is 2. The molecule has 0 aliphatic carbocycles. The van der Waals surface area contributed by atoms with Crippen LogP contribution in [0.2, 0.25) is 0 Å². The number of methoxy groups -OCH3 is 1. The van der Waals surface area contributed by atoms with Gasteiger partial charge in [-0.2, -0.15) is 0 Å². The summed E-state index contributed by atoms with van der Waals surface area (Å²) in [6, 6.07) is 11.9. The number of hydrogen-bond donors (Lipinski definition) is 3. The van der Waals surface area contributed by atoms with Crippen molar-refractivity contribution < 1.29 is 14.3 Å². The Balaban J connectivity index is 1.82. The van der Waals surface area contributed by atoms with Gasteiger partial charge in [0.1, 0.15) is 5.75 Å². The number of amides is 2. The second-order valence-corrected chi connectivity index (χ2v) is 7.75. The van der Waals surface area contributed by atoms with Gasteiger partial charge in [-0.15, -0.1) is 0 Å². The summed E-state index contributed by atoms with van der Waals surface area (Å²) in [7, 11) is 1.49. The number of aliphatic imine (C=N–C) groups is 1. The summed E-state index contributed by atoms with van der Waals surface area (Å²) in [4.78, 5) is 28.6. The third-order valence-electron chi connectivity index (χ3n) is 4.70.